The van der Waals surface area contributed by atoms with Gasteiger partial charge >= 0.3 is 0 Å². The fourth-order valence-electron chi connectivity index (χ4n) is 1.27. The van der Waals surface area contributed by atoms with E-state index in [0.717, 1.165) is 5.69 Å². The molecule has 0 atom stereocenters. The molecule has 1 aromatic rings. The van der Waals surface area contributed by atoms with E-state index in [1.54, 1.807) is 26.4 Å². The van der Waals surface area contributed by atoms with E-state index in [1.807, 2.05) is 19.9 Å². The predicted octanol–water partition coefficient (Wildman–Crippen LogP) is 3.12. The van der Waals surface area contributed by atoms with Gasteiger partial charge in [-0.3, -0.25) is 4.99 Å². The quantitative estimate of drug-likeness (QED) is 0.442. The molecule has 0 aromatic heterocycles. The molecule has 3 N–H and O–H groups in total. The number of hydrogen-bond acceptors (Lipinski definition) is 3. The zero-order chi connectivity index (χ0) is 14.5. The standard InChI is InChI=1S/C13H20ClN3O2.HI/c1-13(2,19-4)8-16-12(15)17-9-5-6-11(18-3)10(14)7-9;/h5-7H,8H2,1-4H3,(H3,15,16,17);1H. The molecule has 0 bridgehead atoms. The third-order valence-corrected chi connectivity index (χ3v) is 2.90. The van der Waals surface area contributed by atoms with Gasteiger partial charge in [0.2, 0.25) is 0 Å². The summed E-state index contributed by atoms with van der Waals surface area (Å²) in [5.74, 6) is 0.926. The van der Waals surface area contributed by atoms with E-state index in [4.69, 9.17) is 26.8 Å². The lowest BCUT2D eigenvalue weighted by Gasteiger charge is -2.20. The van der Waals surface area contributed by atoms with Gasteiger partial charge < -0.3 is 20.5 Å². The molecule has 7 heteroatoms. The molecule has 0 heterocycles. The number of nitrogens with zero attached hydrogens (tertiary/aromatic N) is 1. The number of anilines is 1. The Hall–Kier alpha value is -0.730. The smallest absolute Gasteiger partial charge is 0.193 e. The van der Waals surface area contributed by atoms with Gasteiger partial charge in [0, 0.05) is 12.8 Å². The number of nitrogens with two attached hydrogens (primary N) is 1. The number of methoxy groups -OCH3 is 2. The number of benzene rings is 1. The van der Waals surface area contributed by atoms with Gasteiger partial charge in [0.1, 0.15) is 5.75 Å². The Balaban J connectivity index is 0.00000361. The Labute approximate surface area is 141 Å². The van der Waals surface area contributed by atoms with Gasteiger partial charge in [0.15, 0.2) is 5.96 Å². The summed E-state index contributed by atoms with van der Waals surface area (Å²) in [6.45, 7) is 4.34. The van der Waals surface area contributed by atoms with E-state index in [0.29, 0.717) is 23.3 Å². The molecule has 0 aliphatic heterocycles. The first-order chi connectivity index (χ1) is 8.88. The number of rotatable bonds is 5. The van der Waals surface area contributed by atoms with Gasteiger partial charge in [0.25, 0.3) is 0 Å². The number of aliphatic imine (C=N–C) groups is 1. The number of ether oxygens (including phenoxy) is 2. The molecule has 1 aromatic carbocycles. The maximum absolute atomic E-state index is 6.02. The maximum Gasteiger partial charge on any atom is 0.193 e. The van der Waals surface area contributed by atoms with E-state index in [-0.39, 0.29) is 29.6 Å². The van der Waals surface area contributed by atoms with Crippen molar-refractivity contribution in [2.24, 2.45) is 10.7 Å². The van der Waals surface area contributed by atoms with Crippen LogP contribution in [0.25, 0.3) is 0 Å². The van der Waals surface area contributed by atoms with Crippen LogP contribution in [-0.4, -0.2) is 32.3 Å². The SMILES string of the molecule is COc1ccc(NC(N)=NCC(C)(C)OC)cc1Cl.I. The van der Waals surface area contributed by atoms with Crippen molar-refractivity contribution in [2.45, 2.75) is 19.4 Å². The molecule has 0 spiro atoms. The molecule has 114 valence electrons. The van der Waals surface area contributed by atoms with Crippen molar-refractivity contribution in [1.82, 2.24) is 0 Å². The average molecular weight is 414 g/mol. The number of halogens is 2. The summed E-state index contributed by atoms with van der Waals surface area (Å²) in [6, 6.07) is 5.30. The highest BCUT2D eigenvalue weighted by molar-refractivity contribution is 14.0. The molecule has 0 radical (unpaired) electrons. The van der Waals surface area contributed by atoms with E-state index in [9.17, 15) is 0 Å². The molecule has 0 fully saturated rings. The van der Waals surface area contributed by atoms with Crippen molar-refractivity contribution in [2.75, 3.05) is 26.1 Å². The van der Waals surface area contributed by atoms with Crippen molar-refractivity contribution < 1.29 is 9.47 Å². The minimum atomic E-state index is -0.343. The molecule has 0 saturated heterocycles. The molecule has 0 amide bonds. The van der Waals surface area contributed by atoms with Crippen LogP contribution in [0.3, 0.4) is 0 Å². The fraction of sp³-hybridized carbons (Fsp3) is 0.462. The lowest BCUT2D eigenvalue weighted by atomic mass is 10.1. The van der Waals surface area contributed by atoms with Crippen LogP contribution in [0.2, 0.25) is 5.02 Å². The first-order valence-electron chi connectivity index (χ1n) is 5.83. The second-order valence-corrected chi connectivity index (χ2v) is 5.05. The van der Waals surface area contributed by atoms with Gasteiger partial charge in [-0.2, -0.15) is 0 Å². The molecular formula is C13H21ClIN3O2. The molecular weight excluding hydrogens is 393 g/mol. The summed E-state index contributed by atoms with van der Waals surface area (Å²) in [4.78, 5) is 4.22. The minimum Gasteiger partial charge on any atom is -0.495 e. The molecule has 0 saturated carbocycles. The van der Waals surface area contributed by atoms with Gasteiger partial charge in [-0.1, -0.05) is 11.6 Å². The van der Waals surface area contributed by atoms with Crippen LogP contribution in [0.5, 0.6) is 5.75 Å². The van der Waals surface area contributed by atoms with Crippen molar-refractivity contribution in [3.05, 3.63) is 23.2 Å². The topological polar surface area (TPSA) is 68.9 Å². The van der Waals surface area contributed by atoms with Crippen LogP contribution < -0.4 is 15.8 Å². The highest BCUT2D eigenvalue weighted by Gasteiger charge is 2.15. The Kier molecular flexibility index (Phi) is 8.22. The highest BCUT2D eigenvalue weighted by Crippen LogP contribution is 2.27. The van der Waals surface area contributed by atoms with Crippen molar-refractivity contribution >= 4 is 47.2 Å². The first-order valence-corrected chi connectivity index (χ1v) is 6.21. The molecule has 1 rings (SSSR count). The monoisotopic (exact) mass is 413 g/mol. The Morgan fingerprint density at radius 2 is 2.05 bits per heavy atom. The largest absolute Gasteiger partial charge is 0.495 e. The summed E-state index contributed by atoms with van der Waals surface area (Å²) >= 11 is 6.02. The summed E-state index contributed by atoms with van der Waals surface area (Å²) in [5.41, 5.74) is 6.21. The van der Waals surface area contributed by atoms with Crippen LogP contribution in [0.4, 0.5) is 5.69 Å². The molecule has 0 aliphatic carbocycles. The van der Waals surface area contributed by atoms with E-state index < -0.39 is 0 Å². The normalized spacial score (nSPS) is 11.8. The molecule has 0 aliphatic rings. The fourth-order valence-corrected chi connectivity index (χ4v) is 1.53. The average Bonchev–Trinajstić information content (AvgIpc) is 2.37. The van der Waals surface area contributed by atoms with Gasteiger partial charge in [0.05, 0.1) is 24.3 Å². The van der Waals surface area contributed by atoms with E-state index in [1.165, 1.54) is 0 Å². The van der Waals surface area contributed by atoms with Crippen molar-refractivity contribution in [1.29, 1.82) is 0 Å². The Morgan fingerprint density at radius 3 is 2.55 bits per heavy atom. The summed E-state index contributed by atoms with van der Waals surface area (Å²) in [6.07, 6.45) is 0. The van der Waals surface area contributed by atoms with Gasteiger partial charge in [-0.25, -0.2) is 0 Å². The van der Waals surface area contributed by atoms with Crippen molar-refractivity contribution in [3.8, 4) is 5.75 Å². The lowest BCUT2D eigenvalue weighted by Crippen LogP contribution is -2.30. The van der Waals surface area contributed by atoms with Crippen LogP contribution in [-0.2, 0) is 4.74 Å². The van der Waals surface area contributed by atoms with Crippen LogP contribution in [0.1, 0.15) is 13.8 Å². The third-order valence-electron chi connectivity index (χ3n) is 2.61. The minimum absolute atomic E-state index is 0. The first kappa shape index (κ1) is 19.3. The number of nitrogens with one attached hydrogen (secondary N) is 1. The van der Waals surface area contributed by atoms with Gasteiger partial charge in [-0.15, -0.1) is 24.0 Å². The van der Waals surface area contributed by atoms with Crippen LogP contribution >= 0.6 is 35.6 Å². The number of guanidine groups is 1. The van der Waals surface area contributed by atoms with E-state index >= 15 is 0 Å². The van der Waals surface area contributed by atoms with Gasteiger partial charge in [-0.05, 0) is 32.0 Å². The Morgan fingerprint density at radius 1 is 1.40 bits per heavy atom. The molecule has 0 unspecified atom stereocenters. The highest BCUT2D eigenvalue weighted by atomic mass is 127. The maximum atomic E-state index is 6.02. The predicted molar refractivity (Wildman–Crippen MR) is 94.6 cm³/mol. The zero-order valence-electron chi connectivity index (χ0n) is 12.1. The summed E-state index contributed by atoms with van der Waals surface area (Å²) in [5, 5.41) is 3.47. The Bertz CT molecular complexity index is 467. The molecule has 5 nitrogen and oxygen atoms in total. The second-order valence-electron chi connectivity index (χ2n) is 4.64. The second kappa shape index (κ2) is 8.53. The van der Waals surface area contributed by atoms with Crippen molar-refractivity contribution in [3.63, 3.8) is 0 Å². The zero-order valence-corrected chi connectivity index (χ0v) is 15.2. The molecule has 20 heavy (non-hydrogen) atoms. The lowest BCUT2D eigenvalue weighted by molar-refractivity contribution is 0.0312. The number of hydrogen-bond donors (Lipinski definition) is 2. The summed E-state index contributed by atoms with van der Waals surface area (Å²) < 4.78 is 10.3. The third kappa shape index (κ3) is 6.15. The summed E-state index contributed by atoms with van der Waals surface area (Å²) in [7, 11) is 3.21. The van der Waals surface area contributed by atoms with Crippen LogP contribution in [0.15, 0.2) is 23.2 Å². The van der Waals surface area contributed by atoms with E-state index in [2.05, 4.69) is 10.3 Å². The van der Waals surface area contributed by atoms with Crippen LogP contribution in [0, 0.1) is 0 Å².